The number of unbranched alkanes of at least 4 members (excludes halogenated alkanes) is 1. The first-order chi connectivity index (χ1) is 21.3. The lowest BCUT2D eigenvalue weighted by atomic mass is 9.89. The molecule has 3 amide bonds. The van der Waals surface area contributed by atoms with E-state index in [1.807, 2.05) is 35.2 Å². The third-order valence-corrected chi connectivity index (χ3v) is 8.17. The summed E-state index contributed by atoms with van der Waals surface area (Å²) < 4.78 is 5.89. The second-order valence-corrected chi connectivity index (χ2v) is 11.4. The van der Waals surface area contributed by atoms with Gasteiger partial charge in [-0.15, -0.1) is 0 Å². The number of hydrogen-bond acceptors (Lipinski definition) is 7. The van der Waals surface area contributed by atoms with Crippen molar-refractivity contribution >= 4 is 41.1 Å². The van der Waals surface area contributed by atoms with Gasteiger partial charge in [0.25, 0.3) is 0 Å². The predicted molar refractivity (Wildman–Crippen MR) is 171 cm³/mol. The van der Waals surface area contributed by atoms with Gasteiger partial charge in [-0.1, -0.05) is 54.1 Å². The minimum absolute atomic E-state index is 0.0549. The van der Waals surface area contributed by atoms with E-state index in [-0.39, 0.29) is 34.1 Å². The molecule has 3 heterocycles. The number of nitrogen functional groups attached to an aromatic ring is 2. The van der Waals surface area contributed by atoms with Gasteiger partial charge in [0.15, 0.2) is 28.4 Å². The third-order valence-electron chi connectivity index (χ3n) is 7.89. The van der Waals surface area contributed by atoms with Crippen LogP contribution in [0.1, 0.15) is 47.3 Å². The standard InChI is InChI=1S/C31H38ClN9O3/c32-25-27(34)38-26(33)24(37-25)28(42)39-29-36-20-31(40-29)14-17-41(18-15-31)30(43)35-16-13-22-9-11-23(12-10-22)44-19-5-4-8-21-6-2-1-3-7-21/h1-3,6-7,9-12H,4-5,8,13-20H2,(H,35,43)(H4,33,34,38)(H2,36,39,40,42). The molecule has 2 aliphatic heterocycles. The van der Waals surface area contributed by atoms with Gasteiger partial charge in [-0.3, -0.25) is 4.79 Å². The van der Waals surface area contributed by atoms with E-state index in [2.05, 4.69) is 55.2 Å². The highest BCUT2D eigenvalue weighted by atomic mass is 35.5. The van der Waals surface area contributed by atoms with Crippen molar-refractivity contribution in [2.24, 2.45) is 4.99 Å². The summed E-state index contributed by atoms with van der Waals surface area (Å²) in [7, 11) is 0. The first kappa shape index (κ1) is 30.9. The number of urea groups is 1. The number of anilines is 2. The zero-order chi connectivity index (χ0) is 30.9. The predicted octanol–water partition coefficient (Wildman–Crippen LogP) is 3.17. The maximum absolute atomic E-state index is 12.8. The molecule has 2 saturated heterocycles. The number of rotatable bonds is 10. The number of carbonyl (C=O) groups excluding carboxylic acids is 2. The number of benzene rings is 2. The average molecular weight is 620 g/mol. The van der Waals surface area contributed by atoms with E-state index in [4.69, 9.17) is 27.8 Å². The molecule has 7 N–H and O–H groups in total. The van der Waals surface area contributed by atoms with Gasteiger partial charge in [-0.05, 0) is 61.8 Å². The molecule has 0 bridgehead atoms. The van der Waals surface area contributed by atoms with Crippen LogP contribution in [0.25, 0.3) is 0 Å². The molecule has 5 rings (SSSR count). The Morgan fingerprint density at radius 3 is 2.45 bits per heavy atom. The molecule has 0 aliphatic carbocycles. The van der Waals surface area contributed by atoms with Gasteiger partial charge in [0, 0.05) is 26.2 Å². The van der Waals surface area contributed by atoms with Crippen molar-refractivity contribution in [1.29, 1.82) is 0 Å². The van der Waals surface area contributed by atoms with Crippen LogP contribution in [0, 0.1) is 0 Å². The maximum Gasteiger partial charge on any atom is 0.317 e. The lowest BCUT2D eigenvalue weighted by Crippen LogP contribution is -2.55. The van der Waals surface area contributed by atoms with Crippen LogP contribution in [0.5, 0.6) is 5.75 Å². The maximum atomic E-state index is 12.8. The normalized spacial score (nSPS) is 16.4. The molecule has 2 fully saturated rings. The fraction of sp³-hybridized carbons (Fsp3) is 0.387. The molecule has 0 saturated carbocycles. The number of amides is 3. The van der Waals surface area contributed by atoms with Crippen LogP contribution in [-0.4, -0.2) is 71.1 Å². The van der Waals surface area contributed by atoms with Crippen LogP contribution in [-0.2, 0) is 12.8 Å². The Morgan fingerprint density at radius 1 is 0.977 bits per heavy atom. The molecule has 12 nitrogen and oxygen atoms in total. The number of ether oxygens (including phenoxy) is 1. The molecule has 13 heteroatoms. The molecule has 1 aromatic heterocycles. The van der Waals surface area contributed by atoms with Crippen molar-refractivity contribution in [1.82, 2.24) is 30.8 Å². The molecule has 3 aromatic rings. The summed E-state index contributed by atoms with van der Waals surface area (Å²) in [5, 5.41) is 9.36. The fourth-order valence-corrected chi connectivity index (χ4v) is 5.42. The van der Waals surface area contributed by atoms with Crippen LogP contribution in [0.4, 0.5) is 16.4 Å². The number of guanidine groups is 1. The van der Waals surface area contributed by atoms with E-state index in [1.54, 1.807) is 0 Å². The van der Waals surface area contributed by atoms with Gasteiger partial charge in [-0.25, -0.2) is 14.8 Å². The van der Waals surface area contributed by atoms with E-state index in [1.165, 1.54) is 5.56 Å². The average Bonchev–Trinajstić information content (AvgIpc) is 3.41. The number of nitrogens with one attached hydrogen (secondary N) is 3. The zero-order valence-corrected chi connectivity index (χ0v) is 25.3. The molecule has 232 valence electrons. The highest BCUT2D eigenvalue weighted by Crippen LogP contribution is 2.25. The van der Waals surface area contributed by atoms with E-state index in [0.717, 1.165) is 37.0 Å². The Hall–Kier alpha value is -4.58. The summed E-state index contributed by atoms with van der Waals surface area (Å²) in [5.41, 5.74) is 13.4. The molecule has 0 unspecified atom stereocenters. The lowest BCUT2D eigenvalue weighted by Gasteiger charge is -2.38. The Balaban J connectivity index is 0.989. The first-order valence-electron chi connectivity index (χ1n) is 14.8. The highest BCUT2D eigenvalue weighted by molar-refractivity contribution is 6.31. The third kappa shape index (κ3) is 8.07. The number of nitrogens with two attached hydrogens (primary N) is 2. The van der Waals surface area contributed by atoms with Crippen molar-refractivity contribution in [2.75, 3.05) is 44.3 Å². The number of halogens is 1. The second kappa shape index (κ2) is 14.3. The number of aryl methyl sites for hydroxylation is 1. The van der Waals surface area contributed by atoms with E-state index >= 15 is 0 Å². The Bertz CT molecular complexity index is 1480. The van der Waals surface area contributed by atoms with Crippen LogP contribution in [0.3, 0.4) is 0 Å². The number of hydrogen-bond donors (Lipinski definition) is 5. The van der Waals surface area contributed by atoms with Crippen LogP contribution >= 0.6 is 11.6 Å². The van der Waals surface area contributed by atoms with Gasteiger partial charge in [-0.2, -0.15) is 4.99 Å². The van der Waals surface area contributed by atoms with Crippen molar-refractivity contribution in [3.8, 4) is 5.75 Å². The number of carbonyl (C=O) groups is 2. The summed E-state index contributed by atoms with van der Waals surface area (Å²) in [6.45, 7) is 2.96. The smallest absolute Gasteiger partial charge is 0.317 e. The van der Waals surface area contributed by atoms with E-state index in [9.17, 15) is 9.59 Å². The topological polar surface area (TPSA) is 173 Å². The molecule has 0 atom stereocenters. The van der Waals surface area contributed by atoms with Gasteiger partial charge >= 0.3 is 11.9 Å². The lowest BCUT2D eigenvalue weighted by molar-refractivity contribution is 0.0998. The van der Waals surface area contributed by atoms with Gasteiger partial charge in [0.1, 0.15) is 5.75 Å². The number of aromatic nitrogens is 2. The van der Waals surface area contributed by atoms with Gasteiger partial charge in [0.05, 0.1) is 12.1 Å². The van der Waals surface area contributed by atoms with Crippen molar-refractivity contribution < 1.29 is 14.3 Å². The van der Waals surface area contributed by atoms with Crippen LogP contribution in [0.2, 0.25) is 5.15 Å². The molecule has 2 aromatic carbocycles. The molecule has 1 spiro atoms. The van der Waals surface area contributed by atoms with Crippen molar-refractivity contribution in [3.63, 3.8) is 0 Å². The fourth-order valence-electron chi connectivity index (χ4n) is 5.30. The molecular weight excluding hydrogens is 582 g/mol. The monoisotopic (exact) mass is 619 g/mol. The molecule has 2 aliphatic rings. The largest absolute Gasteiger partial charge is 0.494 e. The number of likely N-dealkylation sites (tertiary alicyclic amines) is 1. The number of aliphatic imine (C=N–C) groups is 1. The Morgan fingerprint density at radius 2 is 1.70 bits per heavy atom. The van der Waals surface area contributed by atoms with Gasteiger partial charge < -0.3 is 37.1 Å². The highest BCUT2D eigenvalue weighted by Gasteiger charge is 2.40. The minimum Gasteiger partial charge on any atom is -0.494 e. The zero-order valence-electron chi connectivity index (χ0n) is 24.5. The summed E-state index contributed by atoms with van der Waals surface area (Å²) in [5.74, 6) is 0.305. The van der Waals surface area contributed by atoms with Crippen LogP contribution in [0.15, 0.2) is 59.6 Å². The molecular formula is C31H38ClN9O3. The summed E-state index contributed by atoms with van der Waals surface area (Å²) in [6.07, 6.45) is 5.29. The molecule has 44 heavy (non-hydrogen) atoms. The van der Waals surface area contributed by atoms with Gasteiger partial charge in [0.2, 0.25) is 0 Å². The van der Waals surface area contributed by atoms with Crippen molar-refractivity contribution in [3.05, 3.63) is 76.6 Å². The number of nitrogens with zero attached hydrogens (tertiary/aromatic N) is 4. The summed E-state index contributed by atoms with van der Waals surface area (Å²) in [4.78, 5) is 39.0. The minimum atomic E-state index is -0.683. The number of piperidine rings is 1. The quantitative estimate of drug-likeness (QED) is 0.214. The first-order valence-corrected chi connectivity index (χ1v) is 15.2. The molecule has 0 radical (unpaired) electrons. The Labute approximate surface area is 261 Å². The second-order valence-electron chi connectivity index (χ2n) is 11.1. The Kier molecular flexibility index (Phi) is 10.0. The van der Waals surface area contributed by atoms with Crippen LogP contribution < -0.4 is 32.2 Å². The van der Waals surface area contributed by atoms with Crippen molar-refractivity contribution in [2.45, 2.75) is 44.1 Å². The summed E-state index contributed by atoms with van der Waals surface area (Å²) >= 11 is 5.88. The van der Waals surface area contributed by atoms with E-state index < -0.39 is 5.91 Å². The summed E-state index contributed by atoms with van der Waals surface area (Å²) in [6, 6.07) is 18.5. The van der Waals surface area contributed by atoms with E-state index in [0.29, 0.717) is 51.6 Å². The SMILES string of the molecule is Nc1nc(N)c(C(=O)/N=C2\NCC3(CCN(C(=O)NCCc4ccc(OCCCCc5ccccc5)cc4)CC3)N2)nc1Cl.